The van der Waals surface area contributed by atoms with Gasteiger partial charge in [0.1, 0.15) is 5.82 Å². The quantitative estimate of drug-likeness (QED) is 0.894. The van der Waals surface area contributed by atoms with Crippen molar-refractivity contribution in [3.63, 3.8) is 0 Å². The van der Waals surface area contributed by atoms with Crippen LogP contribution < -0.4 is 4.90 Å². The molecule has 3 nitrogen and oxygen atoms in total. The van der Waals surface area contributed by atoms with Gasteiger partial charge in [0.05, 0.1) is 12.7 Å². The number of methoxy groups -OCH3 is 1. The molecule has 0 bridgehead atoms. The summed E-state index contributed by atoms with van der Waals surface area (Å²) in [4.78, 5) is 2.20. The van der Waals surface area contributed by atoms with Gasteiger partial charge >= 0.3 is 0 Å². The lowest BCUT2D eigenvalue weighted by Gasteiger charge is -2.23. The maximum Gasteiger partial charge on any atom is 0.123 e. The molecule has 1 aromatic carbocycles. The molecule has 0 aromatic heterocycles. The predicted molar refractivity (Wildman–Crippen MR) is 69.2 cm³/mol. The first kappa shape index (κ1) is 13.3. The molecule has 0 aliphatic carbocycles. The number of halogens is 1. The number of hydrogen-bond donors (Lipinski definition) is 1. The number of benzene rings is 1. The molecule has 1 heterocycles. The second-order valence-electron chi connectivity index (χ2n) is 4.94. The van der Waals surface area contributed by atoms with Crippen molar-refractivity contribution in [3.8, 4) is 0 Å². The third-order valence-corrected chi connectivity index (χ3v) is 3.47. The molecule has 2 atom stereocenters. The summed E-state index contributed by atoms with van der Waals surface area (Å²) in [5, 5.41) is 9.74. The number of anilines is 1. The molecule has 0 spiro atoms. The van der Waals surface area contributed by atoms with Crippen molar-refractivity contribution in [1.82, 2.24) is 0 Å². The Morgan fingerprint density at radius 2 is 2.33 bits per heavy atom. The van der Waals surface area contributed by atoms with Crippen LogP contribution in [0.4, 0.5) is 10.1 Å². The molecule has 18 heavy (non-hydrogen) atoms. The van der Waals surface area contributed by atoms with Crippen molar-refractivity contribution in [2.75, 3.05) is 31.7 Å². The molecule has 0 saturated carbocycles. The molecule has 4 heteroatoms. The number of hydrogen-bond acceptors (Lipinski definition) is 3. The lowest BCUT2D eigenvalue weighted by atomic mass is 10.1. The average Bonchev–Trinajstić information content (AvgIpc) is 2.78. The number of rotatable bonds is 4. The summed E-state index contributed by atoms with van der Waals surface area (Å²) >= 11 is 0. The highest BCUT2D eigenvalue weighted by Crippen LogP contribution is 2.31. The Labute approximate surface area is 107 Å². The number of aliphatic hydroxyl groups is 1. The zero-order valence-corrected chi connectivity index (χ0v) is 10.9. The Morgan fingerprint density at radius 3 is 3.00 bits per heavy atom. The second-order valence-corrected chi connectivity index (χ2v) is 4.94. The van der Waals surface area contributed by atoms with Crippen LogP contribution in [0.5, 0.6) is 0 Å². The highest BCUT2D eigenvalue weighted by Gasteiger charge is 2.25. The van der Waals surface area contributed by atoms with Crippen LogP contribution in [0.15, 0.2) is 18.2 Å². The normalized spacial score (nSPS) is 21.3. The molecule has 1 aromatic rings. The molecule has 100 valence electrons. The molecule has 1 unspecified atom stereocenters. The van der Waals surface area contributed by atoms with E-state index in [2.05, 4.69) is 4.90 Å². The maximum absolute atomic E-state index is 13.2. The van der Waals surface area contributed by atoms with Gasteiger partial charge in [0.25, 0.3) is 0 Å². The SMILES string of the molecule is COCC1CCN(c2ccc(F)cc2[C@@H](C)O)C1. The lowest BCUT2D eigenvalue weighted by Crippen LogP contribution is -2.22. The Bertz CT molecular complexity index is 409. The van der Waals surface area contributed by atoms with Crippen molar-refractivity contribution in [2.45, 2.75) is 19.4 Å². The molecule has 1 saturated heterocycles. The van der Waals surface area contributed by atoms with E-state index in [0.29, 0.717) is 11.5 Å². The Hall–Kier alpha value is -1.13. The van der Waals surface area contributed by atoms with Crippen molar-refractivity contribution < 1.29 is 14.2 Å². The summed E-state index contributed by atoms with van der Waals surface area (Å²) in [6, 6.07) is 4.63. The summed E-state index contributed by atoms with van der Waals surface area (Å²) < 4.78 is 18.4. The molecule has 1 N–H and O–H groups in total. The first-order valence-corrected chi connectivity index (χ1v) is 6.33. The van der Waals surface area contributed by atoms with E-state index in [1.54, 1.807) is 20.1 Å². The summed E-state index contributed by atoms with van der Waals surface area (Å²) in [6.45, 7) is 4.25. The summed E-state index contributed by atoms with van der Waals surface area (Å²) in [6.07, 6.45) is 0.418. The molecule has 1 fully saturated rings. The Kier molecular flexibility index (Phi) is 4.19. The van der Waals surface area contributed by atoms with Gasteiger partial charge in [-0.15, -0.1) is 0 Å². The van der Waals surface area contributed by atoms with Gasteiger partial charge < -0.3 is 14.7 Å². The minimum Gasteiger partial charge on any atom is -0.389 e. The molecule has 2 rings (SSSR count). The van der Waals surface area contributed by atoms with E-state index in [0.717, 1.165) is 31.8 Å². The van der Waals surface area contributed by atoms with E-state index in [1.807, 2.05) is 0 Å². The van der Waals surface area contributed by atoms with Crippen LogP contribution in [0.25, 0.3) is 0 Å². The average molecular weight is 253 g/mol. The van der Waals surface area contributed by atoms with E-state index >= 15 is 0 Å². The molecular weight excluding hydrogens is 233 g/mol. The fraction of sp³-hybridized carbons (Fsp3) is 0.571. The molecular formula is C14H20FNO2. The van der Waals surface area contributed by atoms with Gasteiger partial charge in [-0.3, -0.25) is 0 Å². The van der Waals surface area contributed by atoms with E-state index in [9.17, 15) is 9.50 Å². The molecule has 0 radical (unpaired) electrons. The fourth-order valence-corrected chi connectivity index (χ4v) is 2.57. The summed E-state index contributed by atoms with van der Waals surface area (Å²) in [7, 11) is 1.71. The molecule has 1 aliphatic heterocycles. The zero-order valence-electron chi connectivity index (χ0n) is 10.9. The number of ether oxygens (including phenoxy) is 1. The minimum atomic E-state index is -0.655. The standard InChI is InChI=1S/C14H20FNO2/c1-10(17)13-7-12(15)3-4-14(13)16-6-5-11(8-16)9-18-2/h3-4,7,10-11,17H,5-6,8-9H2,1-2H3/t10-,11?/m1/s1. The van der Waals surface area contributed by atoms with Crippen LogP contribution in [0, 0.1) is 11.7 Å². The topological polar surface area (TPSA) is 32.7 Å². The molecule has 0 amide bonds. The fourth-order valence-electron chi connectivity index (χ4n) is 2.57. The van der Waals surface area contributed by atoms with Crippen molar-refractivity contribution in [2.24, 2.45) is 5.92 Å². The van der Waals surface area contributed by atoms with Gasteiger partial charge in [-0.05, 0) is 31.5 Å². The second kappa shape index (κ2) is 5.67. The largest absolute Gasteiger partial charge is 0.389 e. The van der Waals surface area contributed by atoms with Crippen molar-refractivity contribution in [3.05, 3.63) is 29.6 Å². The van der Waals surface area contributed by atoms with Gasteiger partial charge in [-0.25, -0.2) is 4.39 Å². The smallest absolute Gasteiger partial charge is 0.123 e. The van der Waals surface area contributed by atoms with Crippen LogP contribution in [0.1, 0.15) is 25.0 Å². The monoisotopic (exact) mass is 253 g/mol. The van der Waals surface area contributed by atoms with E-state index in [-0.39, 0.29) is 5.82 Å². The lowest BCUT2D eigenvalue weighted by molar-refractivity contribution is 0.161. The van der Waals surface area contributed by atoms with Crippen LogP contribution >= 0.6 is 0 Å². The Balaban J connectivity index is 2.18. The van der Waals surface area contributed by atoms with Gasteiger partial charge in [0.2, 0.25) is 0 Å². The third-order valence-electron chi connectivity index (χ3n) is 3.47. The number of aliphatic hydroxyl groups excluding tert-OH is 1. The zero-order chi connectivity index (χ0) is 13.1. The highest BCUT2D eigenvalue weighted by molar-refractivity contribution is 5.55. The minimum absolute atomic E-state index is 0.303. The number of nitrogens with zero attached hydrogens (tertiary/aromatic N) is 1. The van der Waals surface area contributed by atoms with Crippen LogP contribution in [-0.4, -0.2) is 31.9 Å². The first-order chi connectivity index (χ1) is 8.61. The maximum atomic E-state index is 13.2. The van der Waals surface area contributed by atoms with E-state index in [1.165, 1.54) is 12.1 Å². The van der Waals surface area contributed by atoms with Crippen LogP contribution in [0.2, 0.25) is 0 Å². The van der Waals surface area contributed by atoms with Crippen LogP contribution in [-0.2, 0) is 4.74 Å². The summed E-state index contributed by atoms with van der Waals surface area (Å²) in [5.74, 6) is 0.212. The predicted octanol–water partition coefficient (Wildman–Crippen LogP) is 2.35. The third kappa shape index (κ3) is 2.82. The highest BCUT2D eigenvalue weighted by atomic mass is 19.1. The van der Waals surface area contributed by atoms with Crippen molar-refractivity contribution >= 4 is 5.69 Å². The first-order valence-electron chi connectivity index (χ1n) is 6.33. The van der Waals surface area contributed by atoms with Crippen molar-refractivity contribution in [1.29, 1.82) is 0 Å². The van der Waals surface area contributed by atoms with Gasteiger partial charge in [0, 0.05) is 37.4 Å². The van der Waals surface area contributed by atoms with Gasteiger partial charge in [-0.2, -0.15) is 0 Å². The molecule has 1 aliphatic rings. The summed E-state index contributed by atoms with van der Waals surface area (Å²) in [5.41, 5.74) is 1.60. The van der Waals surface area contributed by atoms with Gasteiger partial charge in [0.15, 0.2) is 0 Å². The Morgan fingerprint density at radius 1 is 1.56 bits per heavy atom. The van der Waals surface area contributed by atoms with E-state index < -0.39 is 6.10 Å². The van der Waals surface area contributed by atoms with Gasteiger partial charge in [-0.1, -0.05) is 0 Å². The van der Waals surface area contributed by atoms with Crippen LogP contribution in [0.3, 0.4) is 0 Å². The van der Waals surface area contributed by atoms with E-state index in [4.69, 9.17) is 4.74 Å².